The molecular weight excluding hydrogens is 399 g/mol. The van der Waals surface area contributed by atoms with E-state index >= 15 is 0 Å². The average molecular weight is 417 g/mol. The van der Waals surface area contributed by atoms with Gasteiger partial charge in [-0.15, -0.1) is 0 Å². The molecule has 0 amide bonds. The number of nitro benzene ring substituents is 1. The van der Waals surface area contributed by atoms with Crippen molar-refractivity contribution < 1.29 is 22.1 Å². The zero-order valence-corrected chi connectivity index (χ0v) is 18.2. The molecule has 28 heavy (non-hydrogen) atoms. The van der Waals surface area contributed by atoms with Crippen LogP contribution in [0, 0.1) is 10.1 Å². The van der Waals surface area contributed by atoms with Gasteiger partial charge in [0.15, 0.2) is 0 Å². The normalized spacial score (nSPS) is 11.2. The summed E-state index contributed by atoms with van der Waals surface area (Å²) in [6.07, 6.45) is 0. The van der Waals surface area contributed by atoms with Gasteiger partial charge in [-0.05, 0) is 43.3 Å². The number of rotatable bonds is 9. The van der Waals surface area contributed by atoms with E-state index in [1.54, 1.807) is 24.3 Å². The summed E-state index contributed by atoms with van der Waals surface area (Å²) in [5.74, 6) is 0. The second-order valence-corrected chi connectivity index (χ2v) is 6.41. The SMILES string of the molecule is CCN(CCOS(=O)(=O)O)c1ccc(N=Nc2ccc([N+](=O)[O-])cc2)cc1.[Na]. The smallest absolute Gasteiger partial charge is 0.369 e. The number of nitro groups is 1. The predicted molar refractivity (Wildman–Crippen MR) is 105 cm³/mol. The van der Waals surface area contributed by atoms with Gasteiger partial charge in [0.05, 0.1) is 22.9 Å². The molecule has 1 N–H and O–H groups in total. The Morgan fingerprint density at radius 2 is 1.57 bits per heavy atom. The zero-order valence-electron chi connectivity index (χ0n) is 15.4. The Labute approximate surface area is 184 Å². The van der Waals surface area contributed by atoms with Crippen molar-refractivity contribution in [2.75, 3.05) is 24.6 Å². The molecule has 0 saturated heterocycles. The molecule has 0 aromatic heterocycles. The van der Waals surface area contributed by atoms with Crippen LogP contribution in [-0.2, 0) is 14.6 Å². The Morgan fingerprint density at radius 1 is 1.07 bits per heavy atom. The number of likely N-dealkylation sites (N-methyl/N-ethyl adjacent to an activating group) is 1. The van der Waals surface area contributed by atoms with E-state index in [1.807, 2.05) is 11.8 Å². The second-order valence-electron chi connectivity index (χ2n) is 5.32. The molecule has 0 aliphatic heterocycles. The molecule has 0 bridgehead atoms. The van der Waals surface area contributed by atoms with Crippen molar-refractivity contribution in [1.82, 2.24) is 0 Å². The van der Waals surface area contributed by atoms with E-state index in [0.717, 1.165) is 5.69 Å². The van der Waals surface area contributed by atoms with Crippen LogP contribution in [-0.4, -0.2) is 67.1 Å². The van der Waals surface area contributed by atoms with Gasteiger partial charge in [-0.2, -0.15) is 18.6 Å². The Morgan fingerprint density at radius 3 is 2.00 bits per heavy atom. The van der Waals surface area contributed by atoms with Gasteiger partial charge in [0.25, 0.3) is 5.69 Å². The Balaban J connectivity index is 0.00000392. The van der Waals surface area contributed by atoms with Crippen molar-refractivity contribution in [2.45, 2.75) is 6.92 Å². The van der Waals surface area contributed by atoms with Crippen LogP contribution in [0.25, 0.3) is 0 Å². The fourth-order valence-electron chi connectivity index (χ4n) is 2.21. The summed E-state index contributed by atoms with van der Waals surface area (Å²) in [5.41, 5.74) is 1.88. The predicted octanol–water partition coefficient (Wildman–Crippen LogP) is 3.28. The van der Waals surface area contributed by atoms with Crippen molar-refractivity contribution in [3.63, 3.8) is 0 Å². The number of anilines is 1. The maximum absolute atomic E-state index is 10.6. The van der Waals surface area contributed by atoms with Crippen molar-refractivity contribution in [3.05, 3.63) is 58.6 Å². The van der Waals surface area contributed by atoms with E-state index < -0.39 is 15.3 Å². The van der Waals surface area contributed by atoms with Crippen LogP contribution in [0.1, 0.15) is 6.92 Å². The third-order valence-corrected chi connectivity index (χ3v) is 4.00. The summed E-state index contributed by atoms with van der Waals surface area (Å²) >= 11 is 0. The fourth-order valence-corrected chi connectivity index (χ4v) is 2.49. The summed E-state index contributed by atoms with van der Waals surface area (Å²) in [6, 6.07) is 12.8. The van der Waals surface area contributed by atoms with Crippen LogP contribution >= 0.6 is 0 Å². The molecule has 2 aromatic carbocycles. The maximum atomic E-state index is 10.6. The van der Waals surface area contributed by atoms with E-state index in [-0.39, 0.29) is 48.4 Å². The fraction of sp³-hybridized carbons (Fsp3) is 0.250. The van der Waals surface area contributed by atoms with Gasteiger partial charge in [-0.1, -0.05) is 0 Å². The minimum Gasteiger partial charge on any atom is -0.369 e. The van der Waals surface area contributed by atoms with Crippen LogP contribution in [0.15, 0.2) is 58.8 Å². The van der Waals surface area contributed by atoms with Crippen LogP contribution in [0.3, 0.4) is 0 Å². The Hall–Kier alpha value is -1.89. The van der Waals surface area contributed by atoms with Crippen molar-refractivity contribution >= 4 is 62.7 Å². The summed E-state index contributed by atoms with van der Waals surface area (Å²) in [4.78, 5) is 12.0. The van der Waals surface area contributed by atoms with Gasteiger partial charge in [0.2, 0.25) is 0 Å². The molecule has 0 fully saturated rings. The molecule has 0 heterocycles. The minimum atomic E-state index is -4.45. The van der Waals surface area contributed by atoms with E-state index in [1.165, 1.54) is 24.3 Å². The van der Waals surface area contributed by atoms with Gasteiger partial charge in [-0.25, -0.2) is 4.18 Å². The first-order chi connectivity index (χ1) is 12.8. The number of non-ortho nitro benzene ring substituents is 1. The number of benzene rings is 2. The third-order valence-electron chi connectivity index (χ3n) is 3.53. The topological polar surface area (TPSA) is 135 Å². The molecule has 145 valence electrons. The molecule has 0 unspecified atom stereocenters. The molecule has 0 aliphatic rings. The molecule has 0 aliphatic carbocycles. The largest absolute Gasteiger partial charge is 0.397 e. The molecule has 0 atom stereocenters. The third kappa shape index (κ3) is 8.00. The van der Waals surface area contributed by atoms with Gasteiger partial charge in [-0.3, -0.25) is 14.7 Å². The number of hydrogen-bond acceptors (Lipinski definition) is 8. The molecule has 12 heteroatoms. The second kappa shape index (κ2) is 11.2. The van der Waals surface area contributed by atoms with Gasteiger partial charge >= 0.3 is 10.4 Å². The van der Waals surface area contributed by atoms with E-state index in [2.05, 4.69) is 14.4 Å². The monoisotopic (exact) mass is 417 g/mol. The molecular formula is C16H18N4NaO6S. The molecule has 0 spiro atoms. The number of azo groups is 1. The van der Waals surface area contributed by atoms with Crippen LogP contribution in [0.4, 0.5) is 22.7 Å². The van der Waals surface area contributed by atoms with Crippen LogP contribution < -0.4 is 4.90 Å². The van der Waals surface area contributed by atoms with Gasteiger partial charge in [0, 0.05) is 60.5 Å². The average Bonchev–Trinajstić information content (AvgIpc) is 2.63. The van der Waals surface area contributed by atoms with Crippen LogP contribution in [0.2, 0.25) is 0 Å². The summed E-state index contributed by atoms with van der Waals surface area (Å²) in [5, 5.41) is 18.7. The summed E-state index contributed by atoms with van der Waals surface area (Å²) in [7, 11) is -4.45. The number of hydrogen-bond donors (Lipinski definition) is 1. The zero-order chi connectivity index (χ0) is 19.9. The Bertz CT molecular complexity index is 904. The standard InChI is InChI=1S/C16H18N4O6S.Na/c1-2-19(11-12-26-27(23,24)25)15-7-3-13(4-8-15)17-18-14-5-9-16(10-6-14)20(21)22;/h3-10H,2,11-12H2,1H3,(H,23,24,25);. The van der Waals surface area contributed by atoms with Crippen LogP contribution in [0.5, 0.6) is 0 Å². The van der Waals surface area contributed by atoms with Crippen molar-refractivity contribution in [3.8, 4) is 0 Å². The first-order valence-corrected chi connectivity index (χ1v) is 9.28. The van der Waals surface area contributed by atoms with Gasteiger partial charge in [0.1, 0.15) is 0 Å². The van der Waals surface area contributed by atoms with Gasteiger partial charge < -0.3 is 4.90 Å². The summed E-state index contributed by atoms with van der Waals surface area (Å²) in [6.45, 7) is 2.61. The molecule has 1 radical (unpaired) electrons. The molecule has 2 rings (SSSR count). The molecule has 10 nitrogen and oxygen atoms in total. The van der Waals surface area contributed by atoms with E-state index in [4.69, 9.17) is 4.55 Å². The van der Waals surface area contributed by atoms with Crippen molar-refractivity contribution in [1.29, 1.82) is 0 Å². The number of nitrogens with zero attached hydrogens (tertiary/aromatic N) is 4. The van der Waals surface area contributed by atoms with E-state index in [9.17, 15) is 18.5 Å². The maximum Gasteiger partial charge on any atom is 0.397 e. The first kappa shape index (κ1) is 24.1. The van der Waals surface area contributed by atoms with E-state index in [0.29, 0.717) is 17.9 Å². The van der Waals surface area contributed by atoms with Crippen molar-refractivity contribution in [2.24, 2.45) is 10.2 Å². The quantitative estimate of drug-likeness (QED) is 0.217. The summed E-state index contributed by atoms with van der Waals surface area (Å²) < 4.78 is 34.1. The Kier molecular flexibility index (Phi) is 9.65. The minimum absolute atomic E-state index is 0. The molecule has 2 aromatic rings. The first-order valence-electron chi connectivity index (χ1n) is 7.91. The molecule has 0 saturated carbocycles.